The van der Waals surface area contributed by atoms with E-state index in [-0.39, 0.29) is 6.10 Å². The van der Waals surface area contributed by atoms with Gasteiger partial charge in [-0.25, -0.2) is 4.79 Å². The number of allylic oxidation sites excluding steroid dienone is 2. The zero-order valence-corrected chi connectivity index (χ0v) is 13.5. The quantitative estimate of drug-likeness (QED) is 0.662. The second-order valence-electron chi connectivity index (χ2n) is 5.21. The molecular formula is C16H17N3O2S. The first-order valence-electron chi connectivity index (χ1n) is 6.87. The number of carbonyl (C=O) groups excluding carboxylic acids is 1. The molecule has 1 unspecified atom stereocenters. The minimum atomic E-state index is -0.529. The van der Waals surface area contributed by atoms with Crippen LogP contribution in [0.15, 0.2) is 46.4 Å². The highest BCUT2D eigenvalue weighted by atomic mass is 32.1. The van der Waals surface area contributed by atoms with Crippen molar-refractivity contribution in [1.82, 2.24) is 10.3 Å². The second kappa shape index (κ2) is 6.67. The van der Waals surface area contributed by atoms with Gasteiger partial charge in [-0.2, -0.15) is 5.26 Å². The second-order valence-corrected chi connectivity index (χ2v) is 5.66. The van der Waals surface area contributed by atoms with Crippen molar-refractivity contribution < 1.29 is 9.53 Å². The smallest absolute Gasteiger partial charge is 0.337 e. The van der Waals surface area contributed by atoms with Crippen molar-refractivity contribution in [2.45, 2.75) is 32.8 Å². The van der Waals surface area contributed by atoms with Crippen molar-refractivity contribution in [3.63, 3.8) is 0 Å². The standard InChI is InChI=1S/C16H17N3O2S/c1-9(2)21-16(20)14-13(11-5-4-6-18-8-11)12(7-17)10(3)19-15(14)22/h4-6,8-9,13,19,22H,1-3H3. The Bertz CT molecular complexity index is 687. The van der Waals surface area contributed by atoms with Gasteiger partial charge >= 0.3 is 5.97 Å². The summed E-state index contributed by atoms with van der Waals surface area (Å²) < 4.78 is 5.30. The summed E-state index contributed by atoms with van der Waals surface area (Å²) in [6.07, 6.45) is 3.03. The van der Waals surface area contributed by atoms with Crippen LogP contribution in [0.1, 0.15) is 32.3 Å². The zero-order valence-electron chi connectivity index (χ0n) is 12.6. The molecule has 1 aliphatic rings. The number of esters is 1. The van der Waals surface area contributed by atoms with Gasteiger partial charge in [0.2, 0.25) is 0 Å². The van der Waals surface area contributed by atoms with Gasteiger partial charge in [0.15, 0.2) is 0 Å². The van der Waals surface area contributed by atoms with Crippen LogP contribution in [0.4, 0.5) is 0 Å². The predicted octanol–water partition coefficient (Wildman–Crippen LogP) is 2.66. The number of hydrogen-bond acceptors (Lipinski definition) is 6. The van der Waals surface area contributed by atoms with E-state index in [4.69, 9.17) is 4.74 Å². The van der Waals surface area contributed by atoms with Crippen LogP contribution in [-0.4, -0.2) is 17.1 Å². The third kappa shape index (κ3) is 3.15. The Morgan fingerprint density at radius 3 is 2.82 bits per heavy atom. The monoisotopic (exact) mass is 315 g/mol. The highest BCUT2D eigenvalue weighted by Gasteiger charge is 2.35. The highest BCUT2D eigenvalue weighted by Crippen LogP contribution is 2.38. The van der Waals surface area contributed by atoms with E-state index in [1.807, 2.05) is 6.07 Å². The third-order valence-electron chi connectivity index (χ3n) is 3.24. The summed E-state index contributed by atoms with van der Waals surface area (Å²) in [6.45, 7) is 5.33. The van der Waals surface area contributed by atoms with E-state index < -0.39 is 11.9 Å². The summed E-state index contributed by atoms with van der Waals surface area (Å²) in [5.74, 6) is -1.01. The maximum Gasteiger partial charge on any atom is 0.337 e. The van der Waals surface area contributed by atoms with Crippen molar-refractivity contribution in [3.05, 3.63) is 52.0 Å². The normalized spacial score (nSPS) is 18.1. The molecule has 0 bridgehead atoms. The van der Waals surface area contributed by atoms with Crippen LogP contribution in [0.2, 0.25) is 0 Å². The number of thiol groups is 1. The summed E-state index contributed by atoms with van der Waals surface area (Å²) in [5.41, 5.74) is 2.21. The summed E-state index contributed by atoms with van der Waals surface area (Å²) in [4.78, 5) is 16.5. The molecule has 1 aromatic rings. The van der Waals surface area contributed by atoms with Crippen molar-refractivity contribution in [3.8, 4) is 6.07 Å². The van der Waals surface area contributed by atoms with E-state index in [2.05, 4.69) is 29.0 Å². The van der Waals surface area contributed by atoms with Gasteiger partial charge in [0.25, 0.3) is 0 Å². The van der Waals surface area contributed by atoms with Crippen molar-refractivity contribution in [2.75, 3.05) is 0 Å². The van der Waals surface area contributed by atoms with Gasteiger partial charge in [0, 0.05) is 18.1 Å². The lowest BCUT2D eigenvalue weighted by molar-refractivity contribution is -0.142. The van der Waals surface area contributed by atoms with Crippen molar-refractivity contribution >= 4 is 18.6 Å². The number of aromatic nitrogens is 1. The molecule has 1 aromatic heterocycles. The lowest BCUT2D eigenvalue weighted by Crippen LogP contribution is -2.29. The molecule has 22 heavy (non-hydrogen) atoms. The van der Waals surface area contributed by atoms with Gasteiger partial charge in [-0.1, -0.05) is 6.07 Å². The molecule has 6 heteroatoms. The summed E-state index contributed by atoms with van der Waals surface area (Å²) in [7, 11) is 0. The average molecular weight is 315 g/mol. The van der Waals surface area contributed by atoms with Crippen molar-refractivity contribution in [2.24, 2.45) is 0 Å². The van der Waals surface area contributed by atoms with Crippen molar-refractivity contribution in [1.29, 1.82) is 5.26 Å². The van der Waals surface area contributed by atoms with E-state index in [0.29, 0.717) is 21.9 Å². The minimum Gasteiger partial charge on any atom is -0.460 e. The lowest BCUT2D eigenvalue weighted by Gasteiger charge is -2.28. The molecule has 114 valence electrons. The number of nitrogens with zero attached hydrogens (tertiary/aromatic N) is 2. The Morgan fingerprint density at radius 1 is 1.55 bits per heavy atom. The predicted molar refractivity (Wildman–Crippen MR) is 85.7 cm³/mol. The molecular weight excluding hydrogens is 298 g/mol. The van der Waals surface area contributed by atoms with Crippen LogP contribution in [0.25, 0.3) is 0 Å². The number of nitriles is 1. The van der Waals surface area contributed by atoms with Gasteiger partial charge in [-0.05, 0) is 32.4 Å². The van der Waals surface area contributed by atoms with Gasteiger partial charge < -0.3 is 10.1 Å². The maximum absolute atomic E-state index is 12.4. The Hall–Kier alpha value is -2.26. The maximum atomic E-state index is 12.4. The Kier molecular flexibility index (Phi) is 4.88. The molecule has 0 radical (unpaired) electrons. The molecule has 0 amide bonds. The number of carbonyl (C=O) groups is 1. The van der Waals surface area contributed by atoms with Gasteiger partial charge in [-0.3, -0.25) is 4.98 Å². The highest BCUT2D eigenvalue weighted by molar-refractivity contribution is 7.84. The molecule has 0 spiro atoms. The zero-order chi connectivity index (χ0) is 16.3. The van der Waals surface area contributed by atoms with Gasteiger partial charge in [0.1, 0.15) is 0 Å². The topological polar surface area (TPSA) is 75.0 Å². The van der Waals surface area contributed by atoms with Crippen LogP contribution in [0, 0.1) is 11.3 Å². The summed E-state index contributed by atoms with van der Waals surface area (Å²) in [5, 5.41) is 12.9. The van der Waals surface area contributed by atoms with Crippen LogP contribution < -0.4 is 5.32 Å². The van der Waals surface area contributed by atoms with E-state index in [1.165, 1.54) is 0 Å². The fraction of sp³-hybridized carbons (Fsp3) is 0.312. The molecule has 5 nitrogen and oxygen atoms in total. The lowest BCUT2D eigenvalue weighted by atomic mass is 9.83. The third-order valence-corrected chi connectivity index (χ3v) is 3.60. The number of pyridine rings is 1. The Morgan fingerprint density at radius 2 is 2.27 bits per heavy atom. The van der Waals surface area contributed by atoms with Crippen LogP contribution >= 0.6 is 12.6 Å². The summed E-state index contributed by atoms with van der Waals surface area (Å²) >= 11 is 4.37. The van der Waals surface area contributed by atoms with E-state index in [0.717, 1.165) is 5.56 Å². The first-order chi connectivity index (χ1) is 10.5. The molecule has 0 saturated heterocycles. The van der Waals surface area contributed by atoms with Crippen LogP contribution in [0.5, 0.6) is 0 Å². The molecule has 1 N–H and O–H groups in total. The van der Waals surface area contributed by atoms with E-state index in [9.17, 15) is 10.1 Å². The van der Waals surface area contributed by atoms with Gasteiger partial charge in [-0.15, -0.1) is 12.6 Å². The molecule has 2 rings (SSSR count). The number of hydrogen-bond donors (Lipinski definition) is 2. The van der Waals surface area contributed by atoms with Gasteiger partial charge in [0.05, 0.1) is 34.3 Å². The minimum absolute atomic E-state index is 0.256. The number of dihydropyridines is 1. The van der Waals surface area contributed by atoms with E-state index in [1.54, 1.807) is 39.2 Å². The first kappa shape index (κ1) is 16.1. The van der Waals surface area contributed by atoms with E-state index >= 15 is 0 Å². The van der Waals surface area contributed by atoms with Crippen LogP contribution in [-0.2, 0) is 9.53 Å². The molecule has 2 heterocycles. The molecule has 0 aromatic carbocycles. The largest absolute Gasteiger partial charge is 0.460 e. The average Bonchev–Trinajstić information content (AvgIpc) is 2.46. The molecule has 1 aliphatic heterocycles. The fourth-order valence-corrected chi connectivity index (χ4v) is 2.72. The number of ether oxygens (including phenoxy) is 1. The Labute approximate surface area is 135 Å². The molecule has 0 aliphatic carbocycles. The van der Waals surface area contributed by atoms with Crippen LogP contribution in [0.3, 0.4) is 0 Å². The molecule has 0 saturated carbocycles. The fourth-order valence-electron chi connectivity index (χ4n) is 2.33. The number of nitrogens with one attached hydrogen (secondary N) is 1. The molecule has 1 atom stereocenters. The number of rotatable bonds is 3. The Balaban J connectivity index is 2.56. The SMILES string of the molecule is CC1=C(C#N)C(c2cccnc2)C(C(=O)OC(C)C)=C(S)N1. The molecule has 0 fully saturated rings. The summed E-state index contributed by atoms with van der Waals surface area (Å²) in [6, 6.07) is 5.77. The first-order valence-corrected chi connectivity index (χ1v) is 7.32.